The summed E-state index contributed by atoms with van der Waals surface area (Å²) in [6.07, 6.45) is 0. The third-order valence-electron chi connectivity index (χ3n) is 2.67. The molecule has 1 rings (SSSR count). The van der Waals surface area contributed by atoms with Gasteiger partial charge in [-0.1, -0.05) is 13.0 Å². The second kappa shape index (κ2) is 7.13. The number of hydrogen-bond acceptors (Lipinski definition) is 4. The molecule has 0 saturated carbocycles. The van der Waals surface area contributed by atoms with Crippen molar-refractivity contribution in [1.29, 1.82) is 0 Å². The van der Waals surface area contributed by atoms with E-state index in [-0.39, 0.29) is 0 Å². The molecule has 102 valence electrons. The van der Waals surface area contributed by atoms with Gasteiger partial charge in [-0.3, -0.25) is 6.07 Å². The standard InChI is InChI=1S/C14H18N4O/c1-11(9-15-3)18(4)10-16-14-8-6-5-7-13(14)12(2)17-19/h5-8,10,16H,1-4H3/q-2. The summed E-state index contributed by atoms with van der Waals surface area (Å²) in [5.41, 5.74) is 1.66. The van der Waals surface area contributed by atoms with Gasteiger partial charge in [-0.25, -0.2) is 16.6 Å². The number of rotatable bonds is 5. The molecule has 5 nitrogen and oxygen atoms in total. The van der Waals surface area contributed by atoms with E-state index in [1.54, 1.807) is 20.6 Å². The van der Waals surface area contributed by atoms with E-state index in [2.05, 4.69) is 21.0 Å². The number of para-hydroxylation sites is 1. The number of nitrogens with one attached hydrogen (secondary N) is 1. The SMILES string of the molecule is CN=C=C(C)N(C)[CH-][NH+]=c1cc[cH-]cc1[C-](C)N=O. The summed E-state index contributed by atoms with van der Waals surface area (Å²) in [5.74, 6) is 2.85. The fourth-order valence-electron chi connectivity index (χ4n) is 1.48. The first-order chi connectivity index (χ1) is 9.10. The van der Waals surface area contributed by atoms with Crippen molar-refractivity contribution in [2.75, 3.05) is 14.1 Å². The lowest BCUT2D eigenvalue weighted by molar-refractivity contribution is -0.473. The fourth-order valence-corrected chi connectivity index (χ4v) is 1.48. The molecule has 0 heterocycles. The van der Waals surface area contributed by atoms with Crippen LogP contribution in [0, 0.1) is 17.6 Å². The molecule has 0 atom stereocenters. The molecule has 0 saturated heterocycles. The smallest absolute Gasteiger partial charge is 0.102 e. The van der Waals surface area contributed by atoms with Crippen LogP contribution in [0.15, 0.2) is 40.1 Å². The number of nitrogens with zero attached hydrogens (tertiary/aromatic N) is 3. The molecule has 5 heteroatoms. The molecule has 0 bridgehead atoms. The minimum Gasteiger partial charge on any atom is -0.372 e. The zero-order valence-electron chi connectivity index (χ0n) is 11.6. The molecule has 0 unspecified atom stereocenters. The average molecular weight is 258 g/mol. The van der Waals surface area contributed by atoms with Gasteiger partial charge < -0.3 is 9.89 Å². The van der Waals surface area contributed by atoms with Crippen molar-refractivity contribution in [1.82, 2.24) is 4.90 Å². The van der Waals surface area contributed by atoms with Crippen molar-refractivity contribution in [3.8, 4) is 0 Å². The molecular weight excluding hydrogens is 240 g/mol. The predicted octanol–water partition coefficient (Wildman–Crippen LogP) is 0.308. The molecule has 0 radical (unpaired) electrons. The minimum absolute atomic E-state index is 0.446. The van der Waals surface area contributed by atoms with Gasteiger partial charge in [-0.05, 0) is 19.3 Å². The van der Waals surface area contributed by atoms with E-state index in [0.29, 0.717) is 6.04 Å². The number of nitroso groups, excluding NO2 is 1. The zero-order chi connectivity index (χ0) is 14.3. The van der Waals surface area contributed by atoms with E-state index in [0.717, 1.165) is 16.6 Å². The first kappa shape index (κ1) is 14.7. The van der Waals surface area contributed by atoms with E-state index < -0.39 is 0 Å². The molecule has 0 spiro atoms. The van der Waals surface area contributed by atoms with Crippen LogP contribution < -0.4 is 10.3 Å². The van der Waals surface area contributed by atoms with Crippen LogP contribution in [0.25, 0.3) is 0 Å². The van der Waals surface area contributed by atoms with Crippen molar-refractivity contribution >= 4 is 5.87 Å². The Balaban J connectivity index is 3.01. The summed E-state index contributed by atoms with van der Waals surface area (Å²) in [6.45, 7) is 5.37. The van der Waals surface area contributed by atoms with Gasteiger partial charge in [-0.15, -0.1) is 5.18 Å². The third-order valence-corrected chi connectivity index (χ3v) is 2.67. The summed E-state index contributed by atoms with van der Waals surface area (Å²) in [7, 11) is 3.56. The van der Waals surface area contributed by atoms with Crippen LogP contribution in [0.1, 0.15) is 19.4 Å². The Morgan fingerprint density at radius 3 is 3.00 bits per heavy atom. The quantitative estimate of drug-likeness (QED) is 0.469. The van der Waals surface area contributed by atoms with Gasteiger partial charge in [0.15, 0.2) is 0 Å². The summed E-state index contributed by atoms with van der Waals surface area (Å²) in [6, 6.07) is 7.95. The molecule has 0 fully saturated rings. The largest absolute Gasteiger partial charge is 0.372 e. The van der Waals surface area contributed by atoms with Gasteiger partial charge in [-0.2, -0.15) is 17.0 Å². The Kier molecular flexibility index (Phi) is 5.51. The molecule has 0 aliphatic heterocycles. The highest BCUT2D eigenvalue weighted by molar-refractivity contribution is 5.56. The van der Waals surface area contributed by atoms with Crippen LogP contribution >= 0.6 is 0 Å². The van der Waals surface area contributed by atoms with E-state index in [1.807, 2.05) is 43.1 Å². The molecule has 0 aliphatic rings. The summed E-state index contributed by atoms with van der Waals surface area (Å²) >= 11 is 0. The second-order valence-electron chi connectivity index (χ2n) is 4.03. The summed E-state index contributed by atoms with van der Waals surface area (Å²) in [5, 5.41) is 3.80. The molecule has 1 N–H and O–H groups in total. The van der Waals surface area contributed by atoms with Gasteiger partial charge in [0, 0.05) is 12.9 Å². The predicted molar refractivity (Wildman–Crippen MR) is 74.6 cm³/mol. The highest BCUT2D eigenvalue weighted by Crippen LogP contribution is 2.08. The Labute approximate surface area is 113 Å². The molecular formula is C14H18N4O-2. The molecule has 1 aromatic carbocycles. The summed E-state index contributed by atoms with van der Waals surface area (Å²) < 4.78 is 0. The van der Waals surface area contributed by atoms with Gasteiger partial charge in [0.1, 0.15) is 6.67 Å². The van der Waals surface area contributed by atoms with Gasteiger partial charge in [0.25, 0.3) is 0 Å². The van der Waals surface area contributed by atoms with E-state index >= 15 is 0 Å². The van der Waals surface area contributed by atoms with Gasteiger partial charge >= 0.3 is 0 Å². The van der Waals surface area contributed by atoms with Crippen molar-refractivity contribution in [2.24, 2.45) is 10.2 Å². The lowest BCUT2D eigenvalue weighted by atomic mass is 10.1. The number of hydrogen-bond donors (Lipinski definition) is 1. The van der Waals surface area contributed by atoms with Gasteiger partial charge in [0.2, 0.25) is 0 Å². The van der Waals surface area contributed by atoms with Crippen molar-refractivity contribution in [3.05, 3.63) is 58.5 Å². The van der Waals surface area contributed by atoms with E-state index in [1.165, 1.54) is 0 Å². The maximum atomic E-state index is 10.6. The molecule has 0 aliphatic carbocycles. The Hall–Kier alpha value is -2.39. The maximum Gasteiger partial charge on any atom is 0.102 e. The Morgan fingerprint density at radius 2 is 2.37 bits per heavy atom. The van der Waals surface area contributed by atoms with Crippen molar-refractivity contribution < 1.29 is 4.99 Å². The zero-order valence-corrected chi connectivity index (χ0v) is 11.6. The molecule has 0 amide bonds. The highest BCUT2D eigenvalue weighted by atomic mass is 16.3. The second-order valence-corrected chi connectivity index (χ2v) is 4.03. The van der Waals surface area contributed by atoms with Crippen LogP contribution in [-0.2, 0) is 0 Å². The molecule has 1 aromatic rings. The topological polar surface area (TPSA) is 59.0 Å². The monoisotopic (exact) mass is 258 g/mol. The molecule has 0 aromatic heterocycles. The first-order valence-corrected chi connectivity index (χ1v) is 5.87. The van der Waals surface area contributed by atoms with Gasteiger partial charge in [0.05, 0.1) is 5.70 Å². The third kappa shape index (κ3) is 4.08. The number of aliphatic imine (C=N–C) groups is 1. The van der Waals surface area contributed by atoms with Crippen LogP contribution in [0.5, 0.6) is 0 Å². The fraction of sp³-hybridized carbons (Fsp3) is 0.286. The maximum absolute atomic E-state index is 10.6. The Bertz CT molecular complexity index is 553. The normalized spacial score (nSPS) is 10.4. The highest BCUT2D eigenvalue weighted by Gasteiger charge is 1.95. The molecule has 19 heavy (non-hydrogen) atoms. The first-order valence-electron chi connectivity index (χ1n) is 5.87. The van der Waals surface area contributed by atoms with Crippen LogP contribution in [0.4, 0.5) is 0 Å². The number of benzene rings is 1. The lowest BCUT2D eigenvalue weighted by Crippen LogP contribution is -2.76. The lowest BCUT2D eigenvalue weighted by Gasteiger charge is -2.20. The number of allylic oxidation sites excluding steroid dienone is 1. The average Bonchev–Trinajstić information content (AvgIpc) is 2.44. The van der Waals surface area contributed by atoms with Crippen LogP contribution in [-0.4, -0.2) is 24.9 Å². The van der Waals surface area contributed by atoms with Crippen LogP contribution in [0.2, 0.25) is 0 Å². The van der Waals surface area contributed by atoms with Crippen molar-refractivity contribution in [2.45, 2.75) is 13.8 Å². The van der Waals surface area contributed by atoms with E-state index in [9.17, 15) is 4.91 Å². The van der Waals surface area contributed by atoms with E-state index in [4.69, 9.17) is 0 Å². The Morgan fingerprint density at radius 1 is 1.63 bits per heavy atom. The summed E-state index contributed by atoms with van der Waals surface area (Å²) in [4.78, 5) is 19.5. The minimum atomic E-state index is 0.446. The van der Waals surface area contributed by atoms with Crippen molar-refractivity contribution in [3.63, 3.8) is 0 Å². The van der Waals surface area contributed by atoms with Crippen LogP contribution in [0.3, 0.4) is 0 Å².